The van der Waals surface area contributed by atoms with E-state index in [-0.39, 0.29) is 5.92 Å². The molecule has 0 spiro atoms. The third-order valence-electron chi connectivity index (χ3n) is 8.01. The van der Waals surface area contributed by atoms with Crippen molar-refractivity contribution in [1.29, 1.82) is 0 Å². The molecule has 0 rings (SSSR count). The van der Waals surface area contributed by atoms with E-state index in [2.05, 4.69) is 38.2 Å². The number of carboxylic acids is 1. The van der Waals surface area contributed by atoms with Gasteiger partial charge in [-0.1, -0.05) is 173 Å². The van der Waals surface area contributed by atoms with Gasteiger partial charge >= 0.3 is 5.97 Å². The molecule has 0 aromatic heterocycles. The van der Waals surface area contributed by atoms with Gasteiger partial charge in [0.2, 0.25) is 0 Å². The number of carbonyl (C=O) groups is 1. The summed E-state index contributed by atoms with van der Waals surface area (Å²) >= 11 is 0. The SMILES string of the molecule is CCCCCC=CCC=CCCCCCCC(CCCCCCCCCCCCCCCCCC)C(=O)O. The van der Waals surface area contributed by atoms with Gasteiger partial charge in [-0.25, -0.2) is 0 Å². The average molecular weight is 533 g/mol. The number of unbranched alkanes of at least 4 members (excludes halogenated alkanes) is 22. The molecule has 224 valence electrons. The van der Waals surface area contributed by atoms with E-state index in [1.807, 2.05) is 0 Å². The second kappa shape index (κ2) is 32.2. The van der Waals surface area contributed by atoms with E-state index in [9.17, 15) is 9.90 Å². The molecule has 1 unspecified atom stereocenters. The second-order valence-corrected chi connectivity index (χ2v) is 11.8. The summed E-state index contributed by atoms with van der Waals surface area (Å²) < 4.78 is 0. The second-order valence-electron chi connectivity index (χ2n) is 11.8. The van der Waals surface area contributed by atoms with E-state index >= 15 is 0 Å². The molecule has 0 fully saturated rings. The van der Waals surface area contributed by atoms with E-state index in [0.717, 1.165) is 38.5 Å². The van der Waals surface area contributed by atoms with Crippen molar-refractivity contribution in [3.63, 3.8) is 0 Å². The monoisotopic (exact) mass is 533 g/mol. The van der Waals surface area contributed by atoms with Crippen LogP contribution < -0.4 is 0 Å². The molecule has 0 heterocycles. The van der Waals surface area contributed by atoms with E-state index in [0.29, 0.717) is 0 Å². The third kappa shape index (κ3) is 29.5. The maximum atomic E-state index is 11.6. The van der Waals surface area contributed by atoms with Gasteiger partial charge in [0, 0.05) is 0 Å². The molecule has 2 nitrogen and oxygen atoms in total. The molecule has 0 aromatic carbocycles. The van der Waals surface area contributed by atoms with E-state index < -0.39 is 5.97 Å². The van der Waals surface area contributed by atoms with Crippen LogP contribution in [0.3, 0.4) is 0 Å². The summed E-state index contributed by atoms with van der Waals surface area (Å²) in [6, 6.07) is 0. The molecule has 0 aliphatic carbocycles. The fourth-order valence-corrected chi connectivity index (χ4v) is 5.36. The molecule has 0 aromatic rings. The first-order valence-electron chi connectivity index (χ1n) is 17.2. The van der Waals surface area contributed by atoms with Gasteiger partial charge in [0.25, 0.3) is 0 Å². The smallest absolute Gasteiger partial charge is 0.306 e. The molecule has 38 heavy (non-hydrogen) atoms. The molecular formula is C36H68O2. The Bertz CT molecular complexity index is 521. The Morgan fingerprint density at radius 1 is 0.474 bits per heavy atom. The molecule has 2 heteroatoms. The van der Waals surface area contributed by atoms with Crippen LogP contribution in [-0.4, -0.2) is 11.1 Å². The molecule has 0 bridgehead atoms. The van der Waals surface area contributed by atoms with Gasteiger partial charge in [-0.3, -0.25) is 4.79 Å². The van der Waals surface area contributed by atoms with Crippen LogP contribution in [0.25, 0.3) is 0 Å². The summed E-state index contributed by atoms with van der Waals surface area (Å²) in [4.78, 5) is 11.6. The zero-order valence-corrected chi connectivity index (χ0v) is 26.0. The molecule has 0 radical (unpaired) electrons. The highest BCUT2D eigenvalue weighted by Gasteiger charge is 2.16. The predicted molar refractivity (Wildman–Crippen MR) is 170 cm³/mol. The van der Waals surface area contributed by atoms with Crippen LogP contribution in [0, 0.1) is 5.92 Å². The molecule has 0 saturated carbocycles. The molecular weight excluding hydrogens is 464 g/mol. The Morgan fingerprint density at radius 2 is 0.789 bits per heavy atom. The first kappa shape index (κ1) is 37.0. The lowest BCUT2D eigenvalue weighted by molar-refractivity contribution is -0.142. The van der Waals surface area contributed by atoms with Gasteiger partial charge in [-0.05, 0) is 44.9 Å². The highest BCUT2D eigenvalue weighted by Crippen LogP contribution is 2.20. The zero-order chi connectivity index (χ0) is 27.8. The van der Waals surface area contributed by atoms with Crippen LogP contribution in [-0.2, 0) is 4.79 Å². The van der Waals surface area contributed by atoms with Gasteiger partial charge in [0.05, 0.1) is 5.92 Å². The number of hydrogen-bond donors (Lipinski definition) is 1. The number of aliphatic carboxylic acids is 1. The quantitative estimate of drug-likeness (QED) is 0.0712. The number of hydrogen-bond acceptors (Lipinski definition) is 1. The molecule has 1 N–H and O–H groups in total. The van der Waals surface area contributed by atoms with Crippen molar-refractivity contribution in [2.75, 3.05) is 0 Å². The van der Waals surface area contributed by atoms with Crippen molar-refractivity contribution in [1.82, 2.24) is 0 Å². The van der Waals surface area contributed by atoms with Crippen LogP contribution in [0.15, 0.2) is 24.3 Å². The number of carboxylic acid groups (broad SMARTS) is 1. The Morgan fingerprint density at radius 3 is 1.18 bits per heavy atom. The largest absolute Gasteiger partial charge is 0.481 e. The van der Waals surface area contributed by atoms with Crippen molar-refractivity contribution in [3.8, 4) is 0 Å². The van der Waals surface area contributed by atoms with E-state index in [4.69, 9.17) is 0 Å². The third-order valence-corrected chi connectivity index (χ3v) is 8.01. The van der Waals surface area contributed by atoms with Gasteiger partial charge in [-0.15, -0.1) is 0 Å². The van der Waals surface area contributed by atoms with Crippen LogP contribution in [0.4, 0.5) is 0 Å². The Labute approximate surface area is 239 Å². The zero-order valence-electron chi connectivity index (χ0n) is 26.0. The van der Waals surface area contributed by atoms with Gasteiger partial charge in [0.15, 0.2) is 0 Å². The number of allylic oxidation sites excluding steroid dienone is 4. The summed E-state index contributed by atoms with van der Waals surface area (Å²) in [5, 5.41) is 9.59. The Hall–Kier alpha value is -1.05. The summed E-state index contributed by atoms with van der Waals surface area (Å²) in [5.74, 6) is -0.692. The first-order valence-corrected chi connectivity index (χ1v) is 17.2. The van der Waals surface area contributed by atoms with Gasteiger partial charge < -0.3 is 5.11 Å². The minimum Gasteiger partial charge on any atom is -0.481 e. The Kier molecular flexibility index (Phi) is 31.3. The minimum absolute atomic E-state index is 0.120. The maximum absolute atomic E-state index is 11.6. The topological polar surface area (TPSA) is 37.3 Å². The standard InChI is InChI=1S/C36H68O2/c1-3-5-7-9-11-13-15-17-19-20-22-24-26-28-30-32-34-35(36(37)38)33-31-29-27-25-23-21-18-16-14-12-10-8-6-4-2/h12,14,18,21,35H,3-11,13,15-17,19-20,22-34H2,1-2H3,(H,37,38). The molecule has 0 saturated heterocycles. The van der Waals surface area contributed by atoms with Crippen LogP contribution in [0.2, 0.25) is 0 Å². The van der Waals surface area contributed by atoms with Gasteiger partial charge in [0.1, 0.15) is 0 Å². The van der Waals surface area contributed by atoms with Crippen LogP contribution in [0.5, 0.6) is 0 Å². The summed E-state index contributed by atoms with van der Waals surface area (Å²) in [7, 11) is 0. The predicted octanol–water partition coefficient (Wildman–Crippen LogP) is 12.8. The van der Waals surface area contributed by atoms with Crippen LogP contribution >= 0.6 is 0 Å². The van der Waals surface area contributed by atoms with Gasteiger partial charge in [-0.2, -0.15) is 0 Å². The summed E-state index contributed by atoms with van der Waals surface area (Å²) in [6.07, 6.45) is 44.9. The maximum Gasteiger partial charge on any atom is 0.306 e. The molecule has 0 amide bonds. The molecule has 1 atom stereocenters. The normalized spacial score (nSPS) is 12.7. The summed E-state index contributed by atoms with van der Waals surface area (Å²) in [6.45, 7) is 4.54. The fraction of sp³-hybridized carbons (Fsp3) is 0.861. The average Bonchev–Trinajstić information content (AvgIpc) is 2.91. The van der Waals surface area contributed by atoms with Crippen molar-refractivity contribution in [2.45, 2.75) is 194 Å². The highest BCUT2D eigenvalue weighted by atomic mass is 16.4. The first-order chi connectivity index (χ1) is 18.7. The fourth-order valence-electron chi connectivity index (χ4n) is 5.36. The lowest BCUT2D eigenvalue weighted by Gasteiger charge is -2.12. The lowest BCUT2D eigenvalue weighted by Crippen LogP contribution is -2.13. The Balaban J connectivity index is 3.47. The van der Waals surface area contributed by atoms with Crippen molar-refractivity contribution >= 4 is 5.97 Å². The minimum atomic E-state index is -0.573. The summed E-state index contributed by atoms with van der Waals surface area (Å²) in [5.41, 5.74) is 0. The van der Waals surface area contributed by atoms with E-state index in [1.54, 1.807) is 0 Å². The van der Waals surface area contributed by atoms with Crippen molar-refractivity contribution in [2.24, 2.45) is 5.92 Å². The van der Waals surface area contributed by atoms with Crippen molar-refractivity contribution < 1.29 is 9.90 Å². The van der Waals surface area contributed by atoms with E-state index in [1.165, 1.54) is 141 Å². The molecule has 0 aliphatic heterocycles. The van der Waals surface area contributed by atoms with Crippen LogP contribution in [0.1, 0.15) is 194 Å². The number of rotatable bonds is 31. The highest BCUT2D eigenvalue weighted by molar-refractivity contribution is 5.69. The lowest BCUT2D eigenvalue weighted by atomic mass is 9.94. The molecule has 0 aliphatic rings. The van der Waals surface area contributed by atoms with Crippen molar-refractivity contribution in [3.05, 3.63) is 24.3 Å².